The van der Waals surface area contributed by atoms with Crippen LogP contribution >= 0.6 is 0 Å². The van der Waals surface area contributed by atoms with Crippen molar-refractivity contribution in [2.75, 3.05) is 0 Å². The SMILES string of the molecule is O=C(CC1CC2CCC1C2)NC1CCc2ccccc21. The lowest BCUT2D eigenvalue weighted by molar-refractivity contribution is -0.123. The summed E-state index contributed by atoms with van der Waals surface area (Å²) in [6.07, 6.45) is 8.42. The van der Waals surface area contributed by atoms with E-state index in [1.807, 2.05) is 0 Å². The third-order valence-electron chi connectivity index (χ3n) is 5.80. The van der Waals surface area contributed by atoms with Gasteiger partial charge in [0.05, 0.1) is 6.04 Å². The van der Waals surface area contributed by atoms with Crippen molar-refractivity contribution in [3.8, 4) is 0 Å². The summed E-state index contributed by atoms with van der Waals surface area (Å²) in [6, 6.07) is 8.80. The Kier molecular flexibility index (Phi) is 3.05. The second-order valence-corrected chi connectivity index (χ2v) is 7.00. The first-order valence-corrected chi connectivity index (χ1v) is 8.17. The lowest BCUT2D eigenvalue weighted by Gasteiger charge is -2.22. The normalized spacial score (nSPS) is 34.2. The monoisotopic (exact) mass is 269 g/mol. The Morgan fingerprint density at radius 1 is 1.15 bits per heavy atom. The molecule has 3 aliphatic rings. The van der Waals surface area contributed by atoms with Gasteiger partial charge in [-0.05, 0) is 61.0 Å². The molecule has 4 atom stereocenters. The Morgan fingerprint density at radius 3 is 2.85 bits per heavy atom. The van der Waals surface area contributed by atoms with E-state index in [9.17, 15) is 4.79 Å². The van der Waals surface area contributed by atoms with E-state index in [1.165, 1.54) is 36.8 Å². The van der Waals surface area contributed by atoms with Crippen LogP contribution in [0.15, 0.2) is 24.3 Å². The number of nitrogens with one attached hydrogen (secondary N) is 1. The van der Waals surface area contributed by atoms with E-state index in [2.05, 4.69) is 29.6 Å². The summed E-state index contributed by atoms with van der Waals surface area (Å²) in [5.74, 6) is 2.74. The zero-order valence-corrected chi connectivity index (χ0v) is 12.0. The van der Waals surface area contributed by atoms with E-state index < -0.39 is 0 Å². The maximum Gasteiger partial charge on any atom is 0.220 e. The number of carbonyl (C=O) groups excluding carboxylic acids is 1. The van der Waals surface area contributed by atoms with Crippen LogP contribution in [0.25, 0.3) is 0 Å². The highest BCUT2D eigenvalue weighted by Gasteiger charge is 2.40. The summed E-state index contributed by atoms with van der Waals surface area (Å²) in [5.41, 5.74) is 2.76. The average Bonchev–Trinajstić information content (AvgIpc) is 3.14. The van der Waals surface area contributed by atoms with Gasteiger partial charge < -0.3 is 5.32 Å². The van der Waals surface area contributed by atoms with Gasteiger partial charge in [-0.15, -0.1) is 0 Å². The molecule has 0 heterocycles. The molecule has 0 saturated heterocycles. The molecule has 0 spiro atoms. The molecular weight excluding hydrogens is 246 g/mol. The average molecular weight is 269 g/mol. The minimum absolute atomic E-state index is 0.261. The summed E-state index contributed by atoms with van der Waals surface area (Å²) in [6.45, 7) is 0. The van der Waals surface area contributed by atoms with Gasteiger partial charge in [0.2, 0.25) is 5.91 Å². The lowest BCUT2D eigenvalue weighted by Crippen LogP contribution is -2.30. The molecule has 2 fully saturated rings. The fraction of sp³-hybridized carbons (Fsp3) is 0.611. The third-order valence-corrected chi connectivity index (χ3v) is 5.80. The maximum absolute atomic E-state index is 12.3. The standard InChI is InChI=1S/C18H23NO/c20-18(11-15-10-12-5-6-14(15)9-12)19-17-8-7-13-3-1-2-4-16(13)17/h1-4,12,14-15,17H,5-11H2,(H,19,20). The molecule has 0 aliphatic heterocycles. The summed E-state index contributed by atoms with van der Waals surface area (Å²) >= 11 is 0. The molecule has 106 valence electrons. The number of aryl methyl sites for hydroxylation is 1. The van der Waals surface area contributed by atoms with Crippen LogP contribution in [0.1, 0.15) is 55.7 Å². The first kappa shape index (κ1) is 12.4. The van der Waals surface area contributed by atoms with Gasteiger partial charge in [0, 0.05) is 6.42 Å². The first-order chi connectivity index (χ1) is 9.79. The Morgan fingerprint density at radius 2 is 2.05 bits per heavy atom. The van der Waals surface area contributed by atoms with Gasteiger partial charge in [0.1, 0.15) is 0 Å². The van der Waals surface area contributed by atoms with Crippen molar-refractivity contribution in [3.05, 3.63) is 35.4 Å². The number of hydrogen-bond donors (Lipinski definition) is 1. The molecule has 2 saturated carbocycles. The molecule has 1 N–H and O–H groups in total. The van der Waals surface area contributed by atoms with Crippen molar-refractivity contribution >= 4 is 5.91 Å². The van der Waals surface area contributed by atoms with E-state index in [4.69, 9.17) is 0 Å². The number of rotatable bonds is 3. The quantitative estimate of drug-likeness (QED) is 0.892. The molecular formula is C18H23NO. The summed E-state index contributed by atoms with van der Waals surface area (Å²) in [4.78, 5) is 12.3. The molecule has 3 aliphatic carbocycles. The van der Waals surface area contributed by atoms with E-state index in [1.54, 1.807) is 0 Å². The number of benzene rings is 1. The zero-order chi connectivity index (χ0) is 13.5. The van der Waals surface area contributed by atoms with Crippen LogP contribution in [0, 0.1) is 17.8 Å². The van der Waals surface area contributed by atoms with Gasteiger partial charge >= 0.3 is 0 Å². The highest BCUT2D eigenvalue weighted by atomic mass is 16.1. The molecule has 20 heavy (non-hydrogen) atoms. The summed E-state index contributed by atoms with van der Waals surface area (Å²) in [7, 11) is 0. The van der Waals surface area contributed by atoms with Crippen molar-refractivity contribution < 1.29 is 4.79 Å². The summed E-state index contributed by atoms with van der Waals surface area (Å²) < 4.78 is 0. The highest BCUT2D eigenvalue weighted by molar-refractivity contribution is 5.77. The van der Waals surface area contributed by atoms with Crippen LogP contribution < -0.4 is 5.32 Å². The van der Waals surface area contributed by atoms with Crippen molar-refractivity contribution in [1.29, 1.82) is 0 Å². The highest BCUT2D eigenvalue weighted by Crippen LogP contribution is 2.49. The van der Waals surface area contributed by atoms with Gasteiger partial charge in [0.25, 0.3) is 0 Å². The van der Waals surface area contributed by atoms with E-state index in [0.29, 0.717) is 5.92 Å². The minimum atomic E-state index is 0.261. The fourth-order valence-corrected chi connectivity index (χ4v) is 4.82. The molecule has 2 bridgehead atoms. The van der Waals surface area contributed by atoms with Crippen LogP contribution in [0.5, 0.6) is 0 Å². The first-order valence-electron chi connectivity index (χ1n) is 8.17. The van der Waals surface area contributed by atoms with Gasteiger partial charge in [0.15, 0.2) is 0 Å². The van der Waals surface area contributed by atoms with Crippen LogP contribution in [0.4, 0.5) is 0 Å². The molecule has 1 aromatic carbocycles. The second kappa shape index (κ2) is 4.91. The molecule has 2 heteroatoms. The van der Waals surface area contributed by atoms with Gasteiger partial charge in [-0.1, -0.05) is 30.7 Å². The largest absolute Gasteiger partial charge is 0.349 e. The van der Waals surface area contributed by atoms with E-state index in [-0.39, 0.29) is 11.9 Å². The number of fused-ring (bicyclic) bond motifs is 3. The minimum Gasteiger partial charge on any atom is -0.349 e. The second-order valence-electron chi connectivity index (χ2n) is 7.00. The number of carbonyl (C=O) groups is 1. The number of amides is 1. The Bertz CT molecular complexity index is 524. The van der Waals surface area contributed by atoms with E-state index >= 15 is 0 Å². The third kappa shape index (κ3) is 2.15. The van der Waals surface area contributed by atoms with Crippen LogP contribution in [-0.4, -0.2) is 5.91 Å². The summed E-state index contributed by atoms with van der Waals surface area (Å²) in [5, 5.41) is 3.28. The lowest BCUT2D eigenvalue weighted by atomic mass is 9.86. The molecule has 4 unspecified atom stereocenters. The Labute approximate surface area is 121 Å². The Balaban J connectivity index is 1.37. The van der Waals surface area contributed by atoms with Crippen LogP contribution in [0.2, 0.25) is 0 Å². The molecule has 1 amide bonds. The molecule has 1 aromatic rings. The Hall–Kier alpha value is -1.31. The predicted octanol–water partition coefficient (Wildman–Crippen LogP) is 3.62. The maximum atomic E-state index is 12.3. The number of hydrogen-bond acceptors (Lipinski definition) is 1. The van der Waals surface area contributed by atoms with Gasteiger partial charge in [-0.25, -0.2) is 0 Å². The van der Waals surface area contributed by atoms with E-state index in [0.717, 1.165) is 31.1 Å². The molecule has 0 radical (unpaired) electrons. The fourth-order valence-electron chi connectivity index (χ4n) is 4.82. The van der Waals surface area contributed by atoms with Crippen molar-refractivity contribution in [2.24, 2.45) is 17.8 Å². The van der Waals surface area contributed by atoms with Gasteiger partial charge in [-0.3, -0.25) is 4.79 Å². The van der Waals surface area contributed by atoms with Crippen LogP contribution in [-0.2, 0) is 11.2 Å². The topological polar surface area (TPSA) is 29.1 Å². The molecule has 4 rings (SSSR count). The smallest absolute Gasteiger partial charge is 0.220 e. The predicted molar refractivity (Wildman–Crippen MR) is 79.2 cm³/mol. The molecule has 0 aromatic heterocycles. The van der Waals surface area contributed by atoms with Crippen LogP contribution in [0.3, 0.4) is 0 Å². The van der Waals surface area contributed by atoms with Gasteiger partial charge in [-0.2, -0.15) is 0 Å². The van der Waals surface area contributed by atoms with Crippen molar-refractivity contribution in [1.82, 2.24) is 5.32 Å². The van der Waals surface area contributed by atoms with Crippen molar-refractivity contribution in [3.63, 3.8) is 0 Å². The zero-order valence-electron chi connectivity index (χ0n) is 12.0. The molecule has 2 nitrogen and oxygen atoms in total. The van der Waals surface area contributed by atoms with Crippen molar-refractivity contribution in [2.45, 2.75) is 51.0 Å².